The quantitative estimate of drug-likeness (QED) is 0.616. The van der Waals surface area contributed by atoms with Crippen molar-refractivity contribution in [2.45, 2.75) is 13.3 Å². The van der Waals surface area contributed by atoms with E-state index in [1.54, 1.807) is 17.0 Å². The lowest BCUT2D eigenvalue weighted by Crippen LogP contribution is -2.28. The van der Waals surface area contributed by atoms with Crippen LogP contribution in [0.1, 0.15) is 28.6 Å². The van der Waals surface area contributed by atoms with Crippen LogP contribution in [-0.2, 0) is 9.59 Å². The fraction of sp³-hybridized carbons (Fsp3) is 0.217. The number of hydrogen-bond donors (Lipinski definition) is 1. The van der Waals surface area contributed by atoms with Gasteiger partial charge in [0, 0.05) is 30.6 Å². The molecule has 1 saturated heterocycles. The van der Waals surface area contributed by atoms with Crippen molar-refractivity contribution in [3.63, 3.8) is 0 Å². The Hall–Kier alpha value is -3.32. The van der Waals surface area contributed by atoms with Crippen LogP contribution in [0.25, 0.3) is 11.3 Å². The van der Waals surface area contributed by atoms with Crippen LogP contribution < -0.4 is 5.32 Å². The number of nitrogens with one attached hydrogen (secondary N) is 1. The summed E-state index contributed by atoms with van der Waals surface area (Å²) in [7, 11) is 0. The Kier molecular flexibility index (Phi) is 5.72. The summed E-state index contributed by atoms with van der Waals surface area (Å²) in [6.07, 6.45) is 0.201. The zero-order chi connectivity index (χ0) is 21.1. The lowest BCUT2D eigenvalue weighted by Gasteiger charge is -2.12. The van der Waals surface area contributed by atoms with Gasteiger partial charge < -0.3 is 10.2 Å². The number of amides is 2. The van der Waals surface area contributed by atoms with Gasteiger partial charge in [-0.2, -0.15) is 0 Å². The van der Waals surface area contributed by atoms with E-state index in [0.29, 0.717) is 34.4 Å². The van der Waals surface area contributed by atoms with Crippen LogP contribution in [0.2, 0.25) is 0 Å². The average molecular weight is 420 g/mol. The second-order valence-corrected chi connectivity index (χ2v) is 8.08. The number of rotatable bonds is 6. The lowest BCUT2D eigenvalue weighted by molar-refractivity contribution is -0.128. The SMILES string of the molecule is CCN1CC(C(=O)Nc2nc(-c3ccccc3)c(C(=O)c3ccccc3)s2)CC1=O. The van der Waals surface area contributed by atoms with E-state index in [0.717, 1.165) is 16.9 Å². The monoisotopic (exact) mass is 419 g/mol. The minimum atomic E-state index is -0.408. The molecule has 0 bridgehead atoms. The molecule has 2 aromatic carbocycles. The molecule has 1 unspecified atom stereocenters. The Morgan fingerprint density at radius 1 is 1.10 bits per heavy atom. The van der Waals surface area contributed by atoms with Crippen molar-refractivity contribution < 1.29 is 14.4 Å². The number of likely N-dealkylation sites (tertiary alicyclic amines) is 1. The minimum Gasteiger partial charge on any atom is -0.342 e. The fourth-order valence-electron chi connectivity index (χ4n) is 3.50. The first-order valence-electron chi connectivity index (χ1n) is 9.81. The first-order chi connectivity index (χ1) is 14.6. The van der Waals surface area contributed by atoms with Crippen molar-refractivity contribution in [2.24, 2.45) is 5.92 Å². The van der Waals surface area contributed by atoms with E-state index in [4.69, 9.17) is 0 Å². The van der Waals surface area contributed by atoms with Crippen molar-refractivity contribution in [2.75, 3.05) is 18.4 Å². The Balaban J connectivity index is 1.63. The van der Waals surface area contributed by atoms with Crippen molar-refractivity contribution >= 4 is 34.1 Å². The first kappa shape index (κ1) is 20.0. The Labute approximate surface area is 178 Å². The number of hydrogen-bond acceptors (Lipinski definition) is 5. The predicted molar refractivity (Wildman–Crippen MR) is 116 cm³/mol. The van der Waals surface area contributed by atoms with Gasteiger partial charge in [0.25, 0.3) is 0 Å². The summed E-state index contributed by atoms with van der Waals surface area (Å²) in [5.74, 6) is -0.802. The smallest absolute Gasteiger partial charge is 0.231 e. The molecule has 7 heteroatoms. The maximum absolute atomic E-state index is 13.1. The van der Waals surface area contributed by atoms with E-state index in [9.17, 15) is 14.4 Å². The van der Waals surface area contributed by atoms with Gasteiger partial charge in [-0.15, -0.1) is 0 Å². The Morgan fingerprint density at radius 2 is 1.77 bits per heavy atom. The van der Waals surface area contributed by atoms with Crippen molar-refractivity contribution in [1.82, 2.24) is 9.88 Å². The van der Waals surface area contributed by atoms with Gasteiger partial charge in [0.2, 0.25) is 17.6 Å². The molecule has 1 aliphatic heterocycles. The lowest BCUT2D eigenvalue weighted by atomic mass is 10.1. The number of thiazole rings is 1. The van der Waals surface area contributed by atoms with Crippen molar-refractivity contribution in [1.29, 1.82) is 0 Å². The van der Waals surface area contributed by atoms with E-state index < -0.39 is 5.92 Å². The number of anilines is 1. The van der Waals surface area contributed by atoms with E-state index >= 15 is 0 Å². The molecule has 4 rings (SSSR count). The van der Waals surface area contributed by atoms with Crippen LogP contribution in [0.5, 0.6) is 0 Å². The molecular formula is C23H21N3O3S. The van der Waals surface area contributed by atoms with Crippen LogP contribution in [0.15, 0.2) is 60.7 Å². The molecule has 6 nitrogen and oxygen atoms in total. The number of carbonyl (C=O) groups is 3. The molecule has 2 heterocycles. The highest BCUT2D eigenvalue weighted by atomic mass is 32.1. The van der Waals surface area contributed by atoms with Gasteiger partial charge in [-0.3, -0.25) is 14.4 Å². The zero-order valence-electron chi connectivity index (χ0n) is 16.5. The summed E-state index contributed by atoms with van der Waals surface area (Å²) in [4.78, 5) is 44.5. The standard InChI is InChI=1S/C23H21N3O3S/c1-2-26-14-17(13-18(26)27)22(29)25-23-24-19(15-9-5-3-6-10-15)21(30-23)20(28)16-11-7-4-8-12-16/h3-12,17H,2,13-14H2,1H3,(H,24,25,29). The number of carbonyl (C=O) groups excluding carboxylic acids is 3. The van der Waals surface area contributed by atoms with Gasteiger partial charge in [-0.05, 0) is 6.92 Å². The molecule has 2 amide bonds. The van der Waals surface area contributed by atoms with Gasteiger partial charge in [0.15, 0.2) is 5.13 Å². The third-order valence-corrected chi connectivity index (χ3v) is 6.08. The summed E-state index contributed by atoms with van der Waals surface area (Å²) < 4.78 is 0. The Bertz CT molecular complexity index is 1080. The van der Waals surface area contributed by atoms with E-state index in [-0.39, 0.29) is 24.0 Å². The second-order valence-electron chi connectivity index (χ2n) is 7.08. The Morgan fingerprint density at radius 3 is 2.40 bits per heavy atom. The highest BCUT2D eigenvalue weighted by Crippen LogP contribution is 2.33. The maximum atomic E-state index is 13.1. The van der Waals surface area contributed by atoms with E-state index in [2.05, 4.69) is 10.3 Å². The highest BCUT2D eigenvalue weighted by molar-refractivity contribution is 7.18. The maximum Gasteiger partial charge on any atom is 0.231 e. The molecule has 30 heavy (non-hydrogen) atoms. The minimum absolute atomic E-state index is 0.0123. The molecule has 0 radical (unpaired) electrons. The molecule has 3 aromatic rings. The van der Waals surface area contributed by atoms with E-state index in [1.807, 2.05) is 55.5 Å². The van der Waals surface area contributed by atoms with Crippen molar-refractivity contribution in [3.05, 3.63) is 71.1 Å². The fourth-order valence-corrected chi connectivity index (χ4v) is 4.45. The summed E-state index contributed by atoms with van der Waals surface area (Å²) >= 11 is 1.16. The third-order valence-electron chi connectivity index (χ3n) is 5.11. The topological polar surface area (TPSA) is 79.4 Å². The van der Waals surface area contributed by atoms with Gasteiger partial charge in [-0.1, -0.05) is 72.0 Å². The number of ketones is 1. The highest BCUT2D eigenvalue weighted by Gasteiger charge is 2.34. The summed E-state index contributed by atoms with van der Waals surface area (Å²) in [6.45, 7) is 2.90. The molecule has 1 N–H and O–H groups in total. The summed E-state index contributed by atoms with van der Waals surface area (Å²) in [5.41, 5.74) is 1.92. The van der Waals surface area contributed by atoms with Gasteiger partial charge in [-0.25, -0.2) is 4.98 Å². The molecule has 1 aliphatic rings. The molecule has 1 aromatic heterocycles. The average Bonchev–Trinajstić information content (AvgIpc) is 3.38. The number of benzene rings is 2. The first-order valence-corrected chi connectivity index (χ1v) is 10.6. The third kappa shape index (κ3) is 4.02. The van der Waals surface area contributed by atoms with Gasteiger partial charge >= 0.3 is 0 Å². The van der Waals surface area contributed by atoms with Gasteiger partial charge in [0.1, 0.15) is 4.88 Å². The van der Waals surface area contributed by atoms with Gasteiger partial charge in [0.05, 0.1) is 11.6 Å². The van der Waals surface area contributed by atoms with Crippen LogP contribution in [0.3, 0.4) is 0 Å². The molecule has 0 spiro atoms. The zero-order valence-corrected chi connectivity index (χ0v) is 17.3. The predicted octanol–water partition coefficient (Wildman–Crippen LogP) is 3.85. The molecule has 0 saturated carbocycles. The molecule has 1 atom stereocenters. The van der Waals surface area contributed by atoms with Crippen LogP contribution in [-0.4, -0.2) is 40.6 Å². The molecular weight excluding hydrogens is 398 g/mol. The second kappa shape index (κ2) is 8.59. The van der Waals surface area contributed by atoms with Crippen LogP contribution >= 0.6 is 11.3 Å². The molecule has 0 aliphatic carbocycles. The largest absolute Gasteiger partial charge is 0.342 e. The molecule has 152 valence electrons. The summed E-state index contributed by atoms with van der Waals surface area (Å²) in [6, 6.07) is 18.4. The van der Waals surface area contributed by atoms with Crippen LogP contribution in [0, 0.1) is 5.92 Å². The summed E-state index contributed by atoms with van der Waals surface area (Å²) in [5, 5.41) is 3.18. The van der Waals surface area contributed by atoms with Crippen LogP contribution in [0.4, 0.5) is 5.13 Å². The van der Waals surface area contributed by atoms with Crippen molar-refractivity contribution in [3.8, 4) is 11.3 Å². The number of nitrogens with zero attached hydrogens (tertiary/aromatic N) is 2. The number of aromatic nitrogens is 1. The molecule has 1 fully saturated rings. The normalized spacial score (nSPS) is 16.0. The van der Waals surface area contributed by atoms with E-state index in [1.165, 1.54) is 0 Å².